The second kappa shape index (κ2) is 7.77. The summed E-state index contributed by atoms with van der Waals surface area (Å²) in [4.78, 5) is 25.0. The van der Waals surface area contributed by atoms with Gasteiger partial charge in [0.15, 0.2) is 6.61 Å². The lowest BCUT2D eigenvalue weighted by molar-refractivity contribution is -0.126. The van der Waals surface area contributed by atoms with Crippen LogP contribution in [0.15, 0.2) is 27.8 Å². The van der Waals surface area contributed by atoms with Gasteiger partial charge in [0.05, 0.1) is 5.25 Å². The maximum atomic E-state index is 12.3. The number of urea groups is 1. The van der Waals surface area contributed by atoms with E-state index >= 15 is 0 Å². The maximum absolute atomic E-state index is 12.3. The number of ether oxygens (including phenoxy) is 1. The molecular formula is C17H20N4O4S. The molecule has 0 unspecified atom stereocenters. The van der Waals surface area contributed by atoms with Crippen LogP contribution in [0, 0.1) is 13.8 Å². The van der Waals surface area contributed by atoms with Gasteiger partial charge >= 0.3 is 6.03 Å². The summed E-state index contributed by atoms with van der Waals surface area (Å²) in [5, 5.41) is 10.2. The van der Waals surface area contributed by atoms with Gasteiger partial charge in [-0.3, -0.25) is 9.69 Å². The molecule has 26 heavy (non-hydrogen) atoms. The van der Waals surface area contributed by atoms with Crippen LogP contribution in [0.2, 0.25) is 0 Å². The first kappa shape index (κ1) is 18.2. The molecule has 138 valence electrons. The van der Waals surface area contributed by atoms with Gasteiger partial charge in [-0.25, -0.2) is 4.79 Å². The van der Waals surface area contributed by atoms with Crippen LogP contribution >= 0.6 is 11.8 Å². The topological polar surface area (TPSA) is 97.6 Å². The first-order valence-electron chi connectivity index (χ1n) is 8.22. The van der Waals surface area contributed by atoms with E-state index < -0.39 is 5.25 Å². The van der Waals surface area contributed by atoms with Crippen molar-refractivity contribution >= 4 is 23.7 Å². The molecule has 0 bridgehead atoms. The Balaban J connectivity index is 1.56. The van der Waals surface area contributed by atoms with E-state index in [1.807, 2.05) is 32.0 Å². The van der Waals surface area contributed by atoms with Crippen LogP contribution in [0.25, 0.3) is 0 Å². The van der Waals surface area contributed by atoms with E-state index in [4.69, 9.17) is 9.15 Å². The van der Waals surface area contributed by atoms with Gasteiger partial charge in [-0.1, -0.05) is 23.9 Å². The van der Waals surface area contributed by atoms with Crippen LogP contribution in [-0.4, -0.2) is 45.4 Å². The van der Waals surface area contributed by atoms with Crippen LogP contribution in [-0.2, 0) is 11.4 Å². The van der Waals surface area contributed by atoms with Crippen molar-refractivity contribution in [2.75, 3.05) is 13.1 Å². The third-order valence-electron chi connectivity index (χ3n) is 3.89. The fourth-order valence-electron chi connectivity index (χ4n) is 2.45. The van der Waals surface area contributed by atoms with Gasteiger partial charge in [-0.15, -0.1) is 10.2 Å². The van der Waals surface area contributed by atoms with Gasteiger partial charge in [0.2, 0.25) is 5.91 Å². The predicted molar refractivity (Wildman–Crippen MR) is 95.0 cm³/mol. The second-order valence-electron chi connectivity index (χ2n) is 6.00. The van der Waals surface area contributed by atoms with Gasteiger partial charge in [0.1, 0.15) is 5.75 Å². The van der Waals surface area contributed by atoms with Crippen molar-refractivity contribution in [3.8, 4) is 5.75 Å². The third kappa shape index (κ3) is 4.16. The minimum Gasteiger partial charge on any atom is -0.484 e. The summed E-state index contributed by atoms with van der Waals surface area (Å²) in [6.07, 6.45) is 0. The highest BCUT2D eigenvalue weighted by Crippen LogP contribution is 2.25. The number of nitrogens with one attached hydrogen (secondary N) is 1. The molecule has 2 aromatic rings. The Hall–Kier alpha value is -2.55. The molecule has 0 aliphatic carbocycles. The third-order valence-corrected chi connectivity index (χ3v) is 4.81. The van der Waals surface area contributed by atoms with Gasteiger partial charge in [-0.05, 0) is 38.0 Å². The molecule has 1 aliphatic heterocycles. The highest BCUT2D eigenvalue weighted by Gasteiger charge is 2.31. The molecule has 1 atom stereocenters. The van der Waals surface area contributed by atoms with E-state index in [1.165, 1.54) is 4.90 Å². The molecule has 8 nitrogen and oxygen atoms in total. The van der Waals surface area contributed by atoms with Crippen LogP contribution in [0.5, 0.6) is 5.75 Å². The zero-order valence-electron chi connectivity index (χ0n) is 14.8. The van der Waals surface area contributed by atoms with Gasteiger partial charge in [0.25, 0.3) is 11.1 Å². The Kier molecular flexibility index (Phi) is 5.46. The molecule has 0 radical (unpaired) electrons. The lowest BCUT2D eigenvalue weighted by atomic mass is 10.1. The lowest BCUT2D eigenvalue weighted by Crippen LogP contribution is -2.38. The molecule has 1 fully saturated rings. The molecule has 1 aliphatic rings. The fraction of sp³-hybridized carbons (Fsp3) is 0.412. The van der Waals surface area contributed by atoms with Crippen molar-refractivity contribution in [2.45, 2.75) is 37.9 Å². The minimum absolute atomic E-state index is 0.148. The number of carbonyl (C=O) groups excluding carboxylic acids is 2. The Bertz CT molecular complexity index is 823. The van der Waals surface area contributed by atoms with Crippen molar-refractivity contribution in [3.63, 3.8) is 0 Å². The minimum atomic E-state index is -0.507. The smallest absolute Gasteiger partial charge is 0.324 e. The average molecular weight is 376 g/mol. The van der Waals surface area contributed by atoms with Crippen LogP contribution in [0.4, 0.5) is 4.79 Å². The summed E-state index contributed by atoms with van der Waals surface area (Å²) >= 11 is 1.12. The molecule has 9 heteroatoms. The van der Waals surface area contributed by atoms with Gasteiger partial charge in [0, 0.05) is 13.1 Å². The largest absolute Gasteiger partial charge is 0.484 e. The highest BCUT2D eigenvalue weighted by molar-refractivity contribution is 8.00. The molecule has 2 heterocycles. The summed E-state index contributed by atoms with van der Waals surface area (Å²) < 4.78 is 11.3. The average Bonchev–Trinajstić information content (AvgIpc) is 3.24. The van der Waals surface area contributed by atoms with E-state index in [0.29, 0.717) is 19.0 Å². The Morgan fingerprint density at radius 3 is 2.96 bits per heavy atom. The number of hydrogen-bond donors (Lipinski definition) is 1. The number of carbonyl (C=O) groups is 2. The predicted octanol–water partition coefficient (Wildman–Crippen LogP) is 2.30. The maximum Gasteiger partial charge on any atom is 0.324 e. The van der Waals surface area contributed by atoms with Crippen LogP contribution in [0.3, 0.4) is 0 Å². The summed E-state index contributed by atoms with van der Waals surface area (Å²) in [6, 6.07) is 5.59. The normalized spacial score (nSPS) is 15.0. The SMILES string of the molecule is Cc1ccc(C)c(OCc2nnc(S[C@H](C)C(=O)N3CCNC3=O)o2)c1. The quantitative estimate of drug-likeness (QED) is 0.773. The van der Waals surface area contributed by atoms with Crippen molar-refractivity contribution < 1.29 is 18.7 Å². The molecule has 1 N–H and O–H groups in total. The van der Waals surface area contributed by atoms with E-state index in [0.717, 1.165) is 28.6 Å². The summed E-state index contributed by atoms with van der Waals surface area (Å²) in [6.45, 7) is 6.66. The molecule has 0 spiro atoms. The summed E-state index contributed by atoms with van der Waals surface area (Å²) in [5.41, 5.74) is 2.12. The van der Waals surface area contributed by atoms with E-state index in [9.17, 15) is 9.59 Å². The first-order chi connectivity index (χ1) is 12.4. The van der Waals surface area contributed by atoms with Gasteiger partial charge in [-0.2, -0.15) is 0 Å². The molecule has 3 rings (SSSR count). The summed E-state index contributed by atoms with van der Waals surface area (Å²) in [7, 11) is 0. The fourth-order valence-corrected chi connectivity index (χ4v) is 3.21. The lowest BCUT2D eigenvalue weighted by Gasteiger charge is -2.15. The number of thioether (sulfide) groups is 1. The monoisotopic (exact) mass is 376 g/mol. The Morgan fingerprint density at radius 1 is 1.42 bits per heavy atom. The Labute approximate surface area is 155 Å². The number of aromatic nitrogens is 2. The number of hydrogen-bond acceptors (Lipinski definition) is 7. The molecule has 1 aromatic heterocycles. The summed E-state index contributed by atoms with van der Waals surface area (Å²) in [5.74, 6) is 0.810. The number of rotatable bonds is 6. The number of amides is 3. The van der Waals surface area contributed by atoms with E-state index in [1.54, 1.807) is 6.92 Å². The molecule has 0 saturated carbocycles. The standard InChI is InChI=1S/C17H20N4O4S/c1-10-4-5-11(2)13(8-10)24-9-14-19-20-17(25-14)26-12(3)15(22)21-7-6-18-16(21)23/h4-5,8,12H,6-7,9H2,1-3H3,(H,18,23)/t12-/m1/s1. The highest BCUT2D eigenvalue weighted by atomic mass is 32.2. The molecule has 1 aromatic carbocycles. The van der Waals surface area contributed by atoms with Crippen LogP contribution < -0.4 is 10.1 Å². The number of nitrogens with zero attached hydrogens (tertiary/aromatic N) is 3. The second-order valence-corrected chi connectivity index (χ2v) is 7.29. The van der Waals surface area contributed by atoms with E-state index in [2.05, 4.69) is 15.5 Å². The van der Waals surface area contributed by atoms with E-state index in [-0.39, 0.29) is 23.8 Å². The number of benzene rings is 1. The zero-order chi connectivity index (χ0) is 18.7. The van der Waals surface area contributed by atoms with Crippen molar-refractivity contribution in [3.05, 3.63) is 35.2 Å². The zero-order valence-corrected chi connectivity index (χ0v) is 15.6. The van der Waals surface area contributed by atoms with Crippen LogP contribution in [0.1, 0.15) is 23.9 Å². The number of aryl methyl sites for hydroxylation is 2. The van der Waals surface area contributed by atoms with Crippen molar-refractivity contribution in [2.24, 2.45) is 0 Å². The number of imide groups is 1. The van der Waals surface area contributed by atoms with Crippen molar-refractivity contribution in [1.29, 1.82) is 0 Å². The molecule has 1 saturated heterocycles. The van der Waals surface area contributed by atoms with Gasteiger partial charge < -0.3 is 14.5 Å². The Morgan fingerprint density at radius 2 is 2.23 bits per heavy atom. The molecule has 3 amide bonds. The first-order valence-corrected chi connectivity index (χ1v) is 9.10. The van der Waals surface area contributed by atoms with Crippen molar-refractivity contribution in [1.82, 2.24) is 20.4 Å². The molecular weight excluding hydrogens is 356 g/mol.